The molecule has 1 spiro atoms. The number of nitrogens with zero attached hydrogens (tertiary/aromatic N) is 1. The maximum atomic E-state index is 13.3. The number of hydrogen-bond acceptors (Lipinski definition) is 7. The summed E-state index contributed by atoms with van der Waals surface area (Å²) < 4.78 is 17.5. The van der Waals surface area contributed by atoms with Crippen LogP contribution < -0.4 is 9.47 Å². The normalized spacial score (nSPS) is 29.5. The molecule has 34 heavy (non-hydrogen) atoms. The van der Waals surface area contributed by atoms with Crippen LogP contribution in [0.1, 0.15) is 76.8 Å². The SMILES string of the molecule is CC1=CC23CCCN2CCc2cc4c(cc2[C@@H]3C1OC(=O)[C@@](C)(O)CCCC(C)(C)O)OCO4. The third-order valence-electron chi connectivity index (χ3n) is 8.11. The first-order valence-electron chi connectivity index (χ1n) is 12.5. The fraction of sp³-hybridized carbons (Fsp3) is 0.667. The van der Waals surface area contributed by atoms with E-state index in [1.165, 1.54) is 12.5 Å². The maximum Gasteiger partial charge on any atom is 0.338 e. The van der Waals surface area contributed by atoms with E-state index in [0.717, 1.165) is 55.0 Å². The number of benzene rings is 1. The minimum Gasteiger partial charge on any atom is -0.455 e. The van der Waals surface area contributed by atoms with Crippen molar-refractivity contribution in [1.29, 1.82) is 0 Å². The van der Waals surface area contributed by atoms with Crippen molar-refractivity contribution >= 4 is 5.97 Å². The lowest BCUT2D eigenvalue weighted by Gasteiger charge is -2.40. The van der Waals surface area contributed by atoms with Crippen LogP contribution in [0.25, 0.3) is 0 Å². The smallest absolute Gasteiger partial charge is 0.338 e. The molecule has 7 nitrogen and oxygen atoms in total. The predicted molar refractivity (Wildman–Crippen MR) is 127 cm³/mol. The van der Waals surface area contributed by atoms with Gasteiger partial charge in [-0.15, -0.1) is 0 Å². The summed E-state index contributed by atoms with van der Waals surface area (Å²) >= 11 is 0. The Morgan fingerprint density at radius 2 is 1.91 bits per heavy atom. The number of fused-ring (bicyclic) bond motifs is 3. The van der Waals surface area contributed by atoms with Crippen molar-refractivity contribution in [3.05, 3.63) is 34.9 Å². The van der Waals surface area contributed by atoms with Gasteiger partial charge in [0, 0.05) is 12.5 Å². The molecule has 2 N–H and O–H groups in total. The highest BCUT2D eigenvalue weighted by Gasteiger charge is 2.57. The third-order valence-corrected chi connectivity index (χ3v) is 8.11. The molecule has 3 heterocycles. The number of carbonyl (C=O) groups excluding carboxylic acids is 1. The van der Waals surface area contributed by atoms with Gasteiger partial charge < -0.3 is 24.4 Å². The molecule has 5 rings (SSSR count). The van der Waals surface area contributed by atoms with E-state index in [1.54, 1.807) is 13.8 Å². The van der Waals surface area contributed by atoms with Gasteiger partial charge in [-0.2, -0.15) is 0 Å². The Bertz CT molecular complexity index is 1010. The Labute approximate surface area is 201 Å². The number of hydrogen-bond donors (Lipinski definition) is 2. The van der Waals surface area contributed by atoms with Crippen LogP contribution in [0.2, 0.25) is 0 Å². The first kappa shape index (κ1) is 23.6. The van der Waals surface area contributed by atoms with E-state index in [1.807, 2.05) is 6.92 Å². The Morgan fingerprint density at radius 1 is 1.18 bits per heavy atom. The van der Waals surface area contributed by atoms with E-state index in [-0.39, 0.29) is 24.7 Å². The number of esters is 1. The summed E-state index contributed by atoms with van der Waals surface area (Å²) in [4.78, 5) is 15.8. The van der Waals surface area contributed by atoms with E-state index in [2.05, 4.69) is 23.1 Å². The van der Waals surface area contributed by atoms with Gasteiger partial charge in [0.1, 0.15) is 6.10 Å². The van der Waals surface area contributed by atoms with E-state index in [9.17, 15) is 15.0 Å². The number of rotatable bonds is 6. The summed E-state index contributed by atoms with van der Waals surface area (Å²) in [6, 6.07) is 4.17. The number of aliphatic hydroxyl groups is 2. The zero-order valence-electron chi connectivity index (χ0n) is 20.7. The molecule has 2 unspecified atom stereocenters. The third kappa shape index (κ3) is 4.01. The average molecular weight is 472 g/mol. The van der Waals surface area contributed by atoms with Crippen LogP contribution in [-0.2, 0) is 16.0 Å². The van der Waals surface area contributed by atoms with Gasteiger partial charge in [0.2, 0.25) is 6.79 Å². The highest BCUT2D eigenvalue weighted by Crippen LogP contribution is 2.55. The molecule has 3 aliphatic heterocycles. The van der Waals surface area contributed by atoms with E-state index >= 15 is 0 Å². The minimum absolute atomic E-state index is 0.0573. The Kier molecular flexibility index (Phi) is 5.73. The molecule has 4 atom stereocenters. The van der Waals surface area contributed by atoms with Gasteiger partial charge in [0.15, 0.2) is 17.1 Å². The minimum atomic E-state index is -1.61. The lowest BCUT2D eigenvalue weighted by molar-refractivity contribution is -0.170. The van der Waals surface area contributed by atoms with Crippen LogP contribution in [0.5, 0.6) is 11.5 Å². The molecule has 0 saturated carbocycles. The van der Waals surface area contributed by atoms with Gasteiger partial charge in [0.25, 0.3) is 0 Å². The maximum absolute atomic E-state index is 13.3. The van der Waals surface area contributed by atoms with Crippen molar-refractivity contribution in [2.75, 3.05) is 19.9 Å². The van der Waals surface area contributed by atoms with Crippen molar-refractivity contribution in [2.24, 2.45) is 0 Å². The Morgan fingerprint density at radius 3 is 2.65 bits per heavy atom. The van der Waals surface area contributed by atoms with Crippen molar-refractivity contribution < 1.29 is 29.2 Å². The molecule has 0 aromatic heterocycles. The van der Waals surface area contributed by atoms with Crippen LogP contribution in [0, 0.1) is 0 Å². The second kappa shape index (κ2) is 8.25. The largest absolute Gasteiger partial charge is 0.455 e. The van der Waals surface area contributed by atoms with Gasteiger partial charge in [0.05, 0.1) is 11.1 Å². The molecule has 1 aromatic carbocycles. The van der Waals surface area contributed by atoms with E-state index < -0.39 is 23.3 Å². The van der Waals surface area contributed by atoms with Crippen molar-refractivity contribution in [3.8, 4) is 11.5 Å². The second-order valence-electron chi connectivity index (χ2n) is 11.4. The van der Waals surface area contributed by atoms with Gasteiger partial charge in [-0.3, -0.25) is 4.90 Å². The van der Waals surface area contributed by atoms with Crippen LogP contribution in [0.4, 0.5) is 0 Å². The molecule has 0 amide bonds. The van der Waals surface area contributed by atoms with Crippen molar-refractivity contribution in [1.82, 2.24) is 4.90 Å². The molecule has 1 fully saturated rings. The summed E-state index contributed by atoms with van der Waals surface area (Å²) in [6.45, 7) is 9.21. The Hall–Kier alpha value is -2.09. The van der Waals surface area contributed by atoms with Crippen molar-refractivity contribution in [3.63, 3.8) is 0 Å². The first-order chi connectivity index (χ1) is 16.0. The summed E-state index contributed by atoms with van der Waals surface area (Å²) in [5.74, 6) is 0.863. The van der Waals surface area contributed by atoms with Crippen LogP contribution >= 0.6 is 0 Å². The first-order valence-corrected chi connectivity index (χ1v) is 12.5. The number of ether oxygens (including phenoxy) is 3. The molecule has 4 aliphatic rings. The van der Waals surface area contributed by atoms with Crippen LogP contribution in [0.15, 0.2) is 23.8 Å². The summed E-state index contributed by atoms with van der Waals surface area (Å²) in [6.07, 6.45) is 6.15. The molecular weight excluding hydrogens is 434 g/mol. The molecule has 7 heteroatoms. The summed E-state index contributed by atoms with van der Waals surface area (Å²) in [5.41, 5.74) is 0.757. The van der Waals surface area contributed by atoms with Gasteiger partial charge in [-0.05, 0) is 102 Å². The standard InChI is InChI=1S/C27H37NO6/c1-17-15-27-10-6-11-28(27)12-7-18-13-20-21(33-16-32-20)14-19(18)22(27)23(17)34-24(29)26(4,31)9-5-8-25(2,3)30/h13-15,22-23,30-31H,5-12,16H2,1-4H3/t22-,23?,26+,27?/m1/s1. The lowest BCUT2D eigenvalue weighted by Crippen LogP contribution is -2.48. The highest BCUT2D eigenvalue weighted by atomic mass is 16.7. The molecule has 186 valence electrons. The zero-order valence-corrected chi connectivity index (χ0v) is 20.7. The topological polar surface area (TPSA) is 88.5 Å². The quantitative estimate of drug-likeness (QED) is 0.485. The van der Waals surface area contributed by atoms with Crippen LogP contribution in [-0.4, -0.2) is 63.8 Å². The second-order valence-corrected chi connectivity index (χ2v) is 11.4. The molecule has 1 aliphatic carbocycles. The summed E-state index contributed by atoms with van der Waals surface area (Å²) in [5, 5.41) is 21.0. The van der Waals surface area contributed by atoms with E-state index in [4.69, 9.17) is 14.2 Å². The lowest BCUT2D eigenvalue weighted by atomic mass is 9.77. The van der Waals surface area contributed by atoms with Gasteiger partial charge >= 0.3 is 5.97 Å². The van der Waals surface area contributed by atoms with Crippen LogP contribution in [0.3, 0.4) is 0 Å². The molecule has 0 bridgehead atoms. The van der Waals surface area contributed by atoms with Gasteiger partial charge in [-0.1, -0.05) is 6.08 Å². The fourth-order valence-electron chi connectivity index (χ4n) is 6.41. The zero-order chi connectivity index (χ0) is 24.3. The summed E-state index contributed by atoms with van der Waals surface area (Å²) in [7, 11) is 0. The molecule has 1 saturated heterocycles. The predicted octanol–water partition coefficient (Wildman–Crippen LogP) is 3.45. The molecule has 0 radical (unpaired) electrons. The van der Waals surface area contributed by atoms with Crippen molar-refractivity contribution in [2.45, 2.75) is 95.0 Å². The Balaban J connectivity index is 1.45. The molecular formula is C27H37NO6. The van der Waals surface area contributed by atoms with E-state index in [0.29, 0.717) is 12.8 Å². The fourth-order valence-corrected chi connectivity index (χ4v) is 6.41. The van der Waals surface area contributed by atoms with Gasteiger partial charge in [-0.25, -0.2) is 4.79 Å². The average Bonchev–Trinajstić information content (AvgIpc) is 3.41. The highest BCUT2D eigenvalue weighted by molar-refractivity contribution is 5.79. The number of carbonyl (C=O) groups is 1. The molecule has 1 aromatic rings. The monoisotopic (exact) mass is 471 g/mol.